The SMILES string of the molecule is COc1c(C=O)cc(C#N)nc1C(F)F. The fourth-order valence-electron chi connectivity index (χ4n) is 1.09. The molecule has 1 aromatic heterocycles. The van der Waals surface area contributed by atoms with Gasteiger partial charge in [-0.1, -0.05) is 0 Å². The lowest BCUT2D eigenvalue weighted by Gasteiger charge is -2.08. The summed E-state index contributed by atoms with van der Waals surface area (Å²) < 4.78 is 29.6. The number of carbonyl (C=O) groups excluding carboxylic acids is 1. The first-order valence-corrected chi connectivity index (χ1v) is 3.86. The Labute approximate surface area is 84.1 Å². The van der Waals surface area contributed by atoms with Crippen LogP contribution in [0.2, 0.25) is 0 Å². The number of nitrogens with zero attached hydrogens (tertiary/aromatic N) is 2. The van der Waals surface area contributed by atoms with Crippen molar-refractivity contribution >= 4 is 6.29 Å². The lowest BCUT2D eigenvalue weighted by Crippen LogP contribution is -2.02. The van der Waals surface area contributed by atoms with Gasteiger partial charge in [0.15, 0.2) is 17.7 Å². The fraction of sp³-hybridized carbons (Fsp3) is 0.222. The molecule has 0 atom stereocenters. The average Bonchev–Trinajstić information content (AvgIpc) is 2.26. The molecule has 4 nitrogen and oxygen atoms in total. The van der Waals surface area contributed by atoms with Gasteiger partial charge in [-0.15, -0.1) is 0 Å². The monoisotopic (exact) mass is 212 g/mol. The first kappa shape index (κ1) is 11.0. The highest BCUT2D eigenvalue weighted by Crippen LogP contribution is 2.29. The van der Waals surface area contributed by atoms with Crippen molar-refractivity contribution in [2.24, 2.45) is 0 Å². The van der Waals surface area contributed by atoms with E-state index in [0.717, 1.165) is 13.2 Å². The summed E-state index contributed by atoms with van der Waals surface area (Å²) in [6.07, 6.45) is -2.56. The lowest BCUT2D eigenvalue weighted by molar-refractivity contribution is 0.111. The summed E-state index contributed by atoms with van der Waals surface area (Å²) in [5.41, 5.74) is -1.05. The molecule has 1 aromatic rings. The summed E-state index contributed by atoms with van der Waals surface area (Å²) in [7, 11) is 1.15. The number of nitriles is 1. The Morgan fingerprint density at radius 1 is 1.67 bits per heavy atom. The molecule has 0 saturated heterocycles. The molecule has 15 heavy (non-hydrogen) atoms. The minimum absolute atomic E-state index is 0.112. The first-order valence-electron chi connectivity index (χ1n) is 3.86. The van der Waals surface area contributed by atoms with E-state index < -0.39 is 12.1 Å². The lowest BCUT2D eigenvalue weighted by atomic mass is 10.2. The van der Waals surface area contributed by atoms with Gasteiger partial charge >= 0.3 is 0 Å². The minimum atomic E-state index is -2.90. The Morgan fingerprint density at radius 2 is 2.33 bits per heavy atom. The normalized spacial score (nSPS) is 9.80. The van der Waals surface area contributed by atoms with Crippen LogP contribution < -0.4 is 4.74 Å². The predicted octanol–water partition coefficient (Wildman–Crippen LogP) is 1.71. The van der Waals surface area contributed by atoms with Crippen LogP contribution in [0.3, 0.4) is 0 Å². The van der Waals surface area contributed by atoms with Gasteiger partial charge in [0.25, 0.3) is 6.43 Å². The number of aldehydes is 1. The molecule has 0 radical (unpaired) electrons. The summed E-state index contributed by atoms with van der Waals surface area (Å²) in [4.78, 5) is 13.9. The number of aromatic nitrogens is 1. The molecule has 0 fully saturated rings. The van der Waals surface area contributed by atoms with E-state index >= 15 is 0 Å². The second-order valence-electron chi connectivity index (χ2n) is 2.55. The molecule has 0 bridgehead atoms. The zero-order chi connectivity index (χ0) is 11.4. The topological polar surface area (TPSA) is 63.0 Å². The third kappa shape index (κ3) is 2.07. The van der Waals surface area contributed by atoms with Crippen molar-refractivity contribution in [2.75, 3.05) is 7.11 Å². The van der Waals surface area contributed by atoms with Crippen LogP contribution in [0.25, 0.3) is 0 Å². The maximum absolute atomic E-state index is 12.5. The molecule has 78 valence electrons. The summed E-state index contributed by atoms with van der Waals surface area (Å²) in [5.74, 6) is -0.293. The largest absolute Gasteiger partial charge is 0.494 e. The van der Waals surface area contributed by atoms with Crippen molar-refractivity contribution in [1.29, 1.82) is 5.26 Å². The molecule has 1 rings (SSSR count). The molecule has 0 aromatic carbocycles. The standard InChI is InChI=1S/C9H6F2N2O2/c1-15-8-5(4-14)2-6(3-12)13-7(8)9(10)11/h2,4,9H,1H3. The van der Waals surface area contributed by atoms with Gasteiger partial charge in [-0.25, -0.2) is 13.8 Å². The van der Waals surface area contributed by atoms with E-state index in [1.807, 2.05) is 0 Å². The van der Waals surface area contributed by atoms with Crippen LogP contribution in [0, 0.1) is 11.3 Å². The van der Waals surface area contributed by atoms with Crippen LogP contribution in [0.1, 0.15) is 28.2 Å². The van der Waals surface area contributed by atoms with Crippen molar-refractivity contribution in [1.82, 2.24) is 4.98 Å². The highest BCUT2D eigenvalue weighted by Gasteiger charge is 2.20. The quantitative estimate of drug-likeness (QED) is 0.715. The van der Waals surface area contributed by atoms with E-state index in [1.165, 1.54) is 0 Å². The van der Waals surface area contributed by atoms with E-state index in [9.17, 15) is 13.6 Å². The summed E-state index contributed by atoms with van der Waals surface area (Å²) in [6, 6.07) is 2.68. The fourth-order valence-corrected chi connectivity index (χ4v) is 1.09. The van der Waals surface area contributed by atoms with E-state index in [4.69, 9.17) is 5.26 Å². The number of carbonyl (C=O) groups is 1. The smallest absolute Gasteiger partial charge is 0.284 e. The minimum Gasteiger partial charge on any atom is -0.494 e. The summed E-state index contributed by atoms with van der Waals surface area (Å²) in [6.45, 7) is 0. The zero-order valence-electron chi connectivity index (χ0n) is 7.70. The van der Waals surface area contributed by atoms with Crippen molar-refractivity contribution in [2.45, 2.75) is 6.43 Å². The highest BCUT2D eigenvalue weighted by atomic mass is 19.3. The third-order valence-electron chi connectivity index (χ3n) is 1.68. The van der Waals surface area contributed by atoms with Gasteiger partial charge in [-0.05, 0) is 6.07 Å². The number of halogens is 2. The third-order valence-corrected chi connectivity index (χ3v) is 1.68. The second-order valence-corrected chi connectivity index (χ2v) is 2.55. The number of pyridine rings is 1. The number of methoxy groups -OCH3 is 1. The molecule has 0 unspecified atom stereocenters. The zero-order valence-corrected chi connectivity index (χ0v) is 7.70. The molecule has 0 aliphatic carbocycles. The number of alkyl halides is 2. The number of rotatable bonds is 3. The van der Waals surface area contributed by atoms with Crippen LogP contribution in [-0.4, -0.2) is 18.4 Å². The van der Waals surface area contributed by atoms with Gasteiger partial charge in [0.2, 0.25) is 0 Å². The molecular weight excluding hydrogens is 206 g/mol. The van der Waals surface area contributed by atoms with Crippen molar-refractivity contribution in [3.63, 3.8) is 0 Å². The average molecular weight is 212 g/mol. The molecule has 0 aliphatic heterocycles. The molecule has 0 N–H and O–H groups in total. The van der Waals surface area contributed by atoms with Crippen molar-refractivity contribution in [3.8, 4) is 11.8 Å². The molecular formula is C9H6F2N2O2. The van der Waals surface area contributed by atoms with Crippen LogP contribution >= 0.6 is 0 Å². The van der Waals surface area contributed by atoms with Crippen molar-refractivity contribution in [3.05, 3.63) is 23.0 Å². The van der Waals surface area contributed by atoms with Gasteiger partial charge in [-0.3, -0.25) is 4.79 Å². The first-order chi connectivity index (χ1) is 7.13. The van der Waals surface area contributed by atoms with Crippen LogP contribution in [0.15, 0.2) is 6.07 Å². The van der Waals surface area contributed by atoms with Gasteiger partial charge < -0.3 is 4.74 Å². The van der Waals surface area contributed by atoms with Gasteiger partial charge in [0.1, 0.15) is 11.8 Å². The molecule has 0 spiro atoms. The maximum Gasteiger partial charge on any atom is 0.284 e. The molecule has 0 saturated carbocycles. The number of hydrogen-bond acceptors (Lipinski definition) is 4. The van der Waals surface area contributed by atoms with Crippen LogP contribution in [-0.2, 0) is 0 Å². The van der Waals surface area contributed by atoms with E-state index in [2.05, 4.69) is 9.72 Å². The molecule has 0 aliphatic rings. The molecule has 0 amide bonds. The molecule has 1 heterocycles. The van der Waals surface area contributed by atoms with E-state index in [0.29, 0.717) is 6.29 Å². The number of hydrogen-bond donors (Lipinski definition) is 0. The Hall–Kier alpha value is -2.03. The number of ether oxygens (including phenoxy) is 1. The van der Waals surface area contributed by atoms with Crippen LogP contribution in [0.4, 0.5) is 8.78 Å². The van der Waals surface area contributed by atoms with Gasteiger partial charge in [0.05, 0.1) is 12.7 Å². The van der Waals surface area contributed by atoms with Crippen molar-refractivity contribution < 1.29 is 18.3 Å². The second kappa shape index (κ2) is 4.46. The molecule has 6 heteroatoms. The van der Waals surface area contributed by atoms with E-state index in [1.54, 1.807) is 6.07 Å². The summed E-state index contributed by atoms with van der Waals surface area (Å²) >= 11 is 0. The predicted molar refractivity (Wildman–Crippen MR) is 45.8 cm³/mol. The van der Waals surface area contributed by atoms with E-state index in [-0.39, 0.29) is 17.0 Å². The Kier molecular flexibility index (Phi) is 3.29. The Balaban J connectivity index is 3.47. The summed E-state index contributed by atoms with van der Waals surface area (Å²) in [5, 5.41) is 8.51. The maximum atomic E-state index is 12.5. The Morgan fingerprint density at radius 3 is 2.73 bits per heavy atom. The highest BCUT2D eigenvalue weighted by molar-refractivity contribution is 5.80. The van der Waals surface area contributed by atoms with Crippen LogP contribution in [0.5, 0.6) is 5.75 Å². The Bertz CT molecular complexity index is 427. The van der Waals surface area contributed by atoms with Gasteiger partial charge in [0, 0.05) is 0 Å². The van der Waals surface area contributed by atoms with Gasteiger partial charge in [-0.2, -0.15) is 5.26 Å².